The second kappa shape index (κ2) is 9.43. The lowest BCUT2D eigenvalue weighted by atomic mass is 9.44. The lowest BCUT2D eigenvalue weighted by Gasteiger charge is -2.61. The molecule has 0 heterocycles. The summed E-state index contributed by atoms with van der Waals surface area (Å²) in [6, 6.07) is 0. The Hall–Kier alpha value is -0.490. The number of ketones is 1. The maximum Gasteiger partial charge on any atom is 0.136 e. The van der Waals surface area contributed by atoms with Crippen molar-refractivity contribution < 1.29 is 25.2 Å². The van der Waals surface area contributed by atoms with E-state index < -0.39 is 24.4 Å². The standard InChI is InChI=1S/C29H50O5/c1-7-17(15(2)3)27(34)26(33)16(4)19-8-9-20-18-12-23(30)22-13-24(31)25(32)14-29(22,6)21(18)10-11-28(19,20)5/h15-22,24-27,31-34H,7-14H2,1-6H3/t16-,17+,18-,19+,20-,21+,22+,24-,25+,26-,27-,28+,29+/m0/s1. The van der Waals surface area contributed by atoms with Crippen LogP contribution in [-0.2, 0) is 4.79 Å². The Kier molecular flexibility index (Phi) is 7.37. The molecule has 0 aromatic heterocycles. The van der Waals surface area contributed by atoms with Crippen LogP contribution >= 0.6 is 0 Å². The SMILES string of the molecule is CC[C@H](C(C)C)[C@H](O)[C@@H](O)[C@@H](C)[C@H]1CC[C@H]2[C@@H]3CC(=O)[C@H]4C[C@H](O)[C@H](O)C[C@]4(C)[C@@H]3CC[C@]12C. The van der Waals surface area contributed by atoms with E-state index in [4.69, 9.17) is 0 Å². The highest BCUT2D eigenvalue weighted by Crippen LogP contribution is 2.67. The summed E-state index contributed by atoms with van der Waals surface area (Å²) >= 11 is 0. The molecule has 4 rings (SSSR count). The van der Waals surface area contributed by atoms with Crippen molar-refractivity contribution >= 4 is 5.78 Å². The lowest BCUT2D eigenvalue weighted by molar-refractivity contribution is -0.175. The Morgan fingerprint density at radius 1 is 0.941 bits per heavy atom. The Balaban J connectivity index is 1.55. The summed E-state index contributed by atoms with van der Waals surface area (Å²) in [7, 11) is 0. The monoisotopic (exact) mass is 478 g/mol. The first-order valence-electron chi connectivity index (χ1n) is 14.1. The molecule has 4 aliphatic carbocycles. The van der Waals surface area contributed by atoms with Gasteiger partial charge in [-0.05, 0) is 90.8 Å². The number of hydrogen-bond acceptors (Lipinski definition) is 5. The lowest BCUT2D eigenvalue weighted by Crippen LogP contribution is -2.59. The number of Topliss-reactive ketones (excluding diaryl/α,β-unsaturated/α-hetero) is 1. The quantitative estimate of drug-likeness (QED) is 0.459. The molecule has 13 atom stereocenters. The van der Waals surface area contributed by atoms with Crippen LogP contribution in [-0.4, -0.2) is 50.6 Å². The smallest absolute Gasteiger partial charge is 0.136 e. The van der Waals surface area contributed by atoms with Gasteiger partial charge in [0.25, 0.3) is 0 Å². The van der Waals surface area contributed by atoms with Gasteiger partial charge in [-0.1, -0.05) is 48.0 Å². The van der Waals surface area contributed by atoms with Crippen LogP contribution < -0.4 is 0 Å². The van der Waals surface area contributed by atoms with Gasteiger partial charge in [-0.15, -0.1) is 0 Å². The maximum absolute atomic E-state index is 13.4. The molecule has 5 heteroatoms. The largest absolute Gasteiger partial charge is 0.390 e. The van der Waals surface area contributed by atoms with Crippen molar-refractivity contribution in [3.05, 3.63) is 0 Å². The van der Waals surface area contributed by atoms with Crippen molar-refractivity contribution in [3.63, 3.8) is 0 Å². The molecule has 4 fully saturated rings. The Morgan fingerprint density at radius 3 is 2.21 bits per heavy atom. The maximum atomic E-state index is 13.4. The number of aliphatic hydroxyl groups is 4. The Morgan fingerprint density at radius 2 is 1.59 bits per heavy atom. The minimum absolute atomic E-state index is 0.0172. The van der Waals surface area contributed by atoms with Gasteiger partial charge in [-0.3, -0.25) is 4.79 Å². The summed E-state index contributed by atoms with van der Waals surface area (Å²) in [6.07, 6.45) is 3.69. The van der Waals surface area contributed by atoms with Gasteiger partial charge in [0, 0.05) is 12.3 Å². The van der Waals surface area contributed by atoms with Gasteiger partial charge in [0.1, 0.15) is 5.78 Å². The van der Waals surface area contributed by atoms with Gasteiger partial charge in [0.2, 0.25) is 0 Å². The van der Waals surface area contributed by atoms with Crippen molar-refractivity contribution in [1.82, 2.24) is 0 Å². The number of fused-ring (bicyclic) bond motifs is 5. The van der Waals surface area contributed by atoms with Gasteiger partial charge < -0.3 is 20.4 Å². The first kappa shape index (κ1) is 26.6. The molecule has 0 unspecified atom stereocenters. The Bertz CT molecular complexity index is 753. The van der Waals surface area contributed by atoms with Crippen molar-refractivity contribution in [1.29, 1.82) is 0 Å². The summed E-state index contributed by atoms with van der Waals surface area (Å²) in [4.78, 5) is 13.4. The highest BCUT2D eigenvalue weighted by molar-refractivity contribution is 5.83. The van der Waals surface area contributed by atoms with Crippen LogP contribution in [0.5, 0.6) is 0 Å². The minimum atomic E-state index is -0.783. The fourth-order valence-corrected chi connectivity index (χ4v) is 9.89. The van der Waals surface area contributed by atoms with Crippen LogP contribution in [0.1, 0.15) is 92.9 Å². The summed E-state index contributed by atoms with van der Waals surface area (Å²) in [5.41, 5.74) is -0.165. The fourth-order valence-electron chi connectivity index (χ4n) is 9.89. The average molecular weight is 479 g/mol. The third kappa shape index (κ3) is 4.01. The molecule has 4 N–H and O–H groups in total. The zero-order valence-electron chi connectivity index (χ0n) is 22.3. The van der Waals surface area contributed by atoms with E-state index in [2.05, 4.69) is 41.5 Å². The van der Waals surface area contributed by atoms with Crippen LogP contribution in [0.15, 0.2) is 0 Å². The molecule has 0 saturated heterocycles. The average Bonchev–Trinajstić information content (AvgIpc) is 3.12. The molecule has 4 saturated carbocycles. The van der Waals surface area contributed by atoms with Crippen molar-refractivity contribution in [2.24, 2.45) is 58.2 Å². The van der Waals surface area contributed by atoms with Crippen molar-refractivity contribution in [3.8, 4) is 0 Å². The number of rotatable bonds is 6. The summed E-state index contributed by atoms with van der Waals surface area (Å²) < 4.78 is 0. The summed E-state index contributed by atoms with van der Waals surface area (Å²) in [5.74, 6) is 2.12. The number of carbonyl (C=O) groups excluding carboxylic acids is 1. The van der Waals surface area contributed by atoms with Crippen LogP contribution in [0, 0.1) is 58.2 Å². The predicted molar refractivity (Wildman–Crippen MR) is 133 cm³/mol. The van der Waals surface area contributed by atoms with Crippen LogP contribution in [0.2, 0.25) is 0 Å². The third-order valence-electron chi connectivity index (χ3n) is 11.8. The van der Waals surface area contributed by atoms with E-state index in [1.165, 1.54) is 0 Å². The zero-order valence-corrected chi connectivity index (χ0v) is 22.3. The van der Waals surface area contributed by atoms with E-state index in [9.17, 15) is 25.2 Å². The number of hydrogen-bond donors (Lipinski definition) is 4. The molecule has 0 radical (unpaired) electrons. The van der Waals surface area contributed by atoms with Gasteiger partial charge >= 0.3 is 0 Å². The van der Waals surface area contributed by atoms with Crippen LogP contribution in [0.25, 0.3) is 0 Å². The second-order valence-corrected chi connectivity index (χ2v) is 13.6. The minimum Gasteiger partial charge on any atom is -0.390 e. The molecule has 0 aliphatic heterocycles. The molecular weight excluding hydrogens is 428 g/mol. The molecule has 5 nitrogen and oxygen atoms in total. The van der Waals surface area contributed by atoms with Crippen molar-refractivity contribution in [2.45, 2.75) is 117 Å². The number of aliphatic hydroxyl groups excluding tert-OH is 4. The highest BCUT2D eigenvalue weighted by Gasteiger charge is 2.63. The highest BCUT2D eigenvalue weighted by atomic mass is 16.3. The fraction of sp³-hybridized carbons (Fsp3) is 0.966. The molecule has 0 amide bonds. The third-order valence-corrected chi connectivity index (χ3v) is 11.8. The predicted octanol–water partition coefficient (Wildman–Crippen LogP) is 4.20. The van der Waals surface area contributed by atoms with Crippen LogP contribution in [0.4, 0.5) is 0 Å². The molecule has 0 bridgehead atoms. The molecular formula is C29H50O5. The van der Waals surface area contributed by atoms with E-state index in [0.717, 1.165) is 32.1 Å². The van der Waals surface area contributed by atoms with Gasteiger partial charge in [-0.25, -0.2) is 0 Å². The van der Waals surface area contributed by atoms with Crippen molar-refractivity contribution in [2.75, 3.05) is 0 Å². The van der Waals surface area contributed by atoms with Gasteiger partial charge in [-0.2, -0.15) is 0 Å². The first-order valence-corrected chi connectivity index (χ1v) is 14.1. The second-order valence-electron chi connectivity index (χ2n) is 13.6. The van der Waals surface area contributed by atoms with E-state index in [-0.39, 0.29) is 34.4 Å². The zero-order chi connectivity index (χ0) is 25.2. The molecule has 0 aromatic carbocycles. The van der Waals surface area contributed by atoms with Crippen LogP contribution in [0.3, 0.4) is 0 Å². The molecule has 196 valence electrons. The van der Waals surface area contributed by atoms with Gasteiger partial charge in [0.15, 0.2) is 0 Å². The summed E-state index contributed by atoms with van der Waals surface area (Å²) in [5, 5.41) is 43.1. The van der Waals surface area contributed by atoms with Gasteiger partial charge in [0.05, 0.1) is 24.4 Å². The molecule has 0 spiro atoms. The normalized spacial score (nSPS) is 48.0. The Labute approximate surface area is 206 Å². The number of carbonyl (C=O) groups is 1. The van der Waals surface area contributed by atoms with E-state index in [1.807, 2.05) is 0 Å². The van der Waals surface area contributed by atoms with E-state index in [0.29, 0.717) is 48.9 Å². The topological polar surface area (TPSA) is 98.0 Å². The molecule has 0 aromatic rings. The van der Waals surface area contributed by atoms with E-state index >= 15 is 0 Å². The molecule has 4 aliphatic rings. The first-order chi connectivity index (χ1) is 15.9. The molecule has 34 heavy (non-hydrogen) atoms. The van der Waals surface area contributed by atoms with E-state index in [1.54, 1.807) is 0 Å². The summed E-state index contributed by atoms with van der Waals surface area (Å²) in [6.45, 7) is 13.1.